The van der Waals surface area contributed by atoms with E-state index in [1.54, 1.807) is 12.1 Å². The second-order valence-corrected chi connectivity index (χ2v) is 4.68. The van der Waals surface area contributed by atoms with Gasteiger partial charge in [0, 0.05) is 6.54 Å². The number of ether oxygens (including phenoxy) is 1. The van der Waals surface area contributed by atoms with Gasteiger partial charge in [0.15, 0.2) is 0 Å². The largest absolute Gasteiger partial charge is 0.494 e. The van der Waals surface area contributed by atoms with Crippen molar-refractivity contribution >= 4 is 0 Å². The minimum absolute atomic E-state index is 0.649. The van der Waals surface area contributed by atoms with E-state index in [0.29, 0.717) is 12.2 Å². The zero-order valence-electron chi connectivity index (χ0n) is 12.1. The maximum absolute atomic E-state index is 8.81. The molecule has 0 saturated heterocycles. The highest BCUT2D eigenvalue weighted by atomic mass is 16.5. The zero-order valence-corrected chi connectivity index (χ0v) is 12.1. The van der Waals surface area contributed by atoms with E-state index >= 15 is 0 Å². The molecule has 0 aromatic heterocycles. The van der Waals surface area contributed by atoms with Crippen LogP contribution in [0.15, 0.2) is 24.3 Å². The number of hydrogen-bond acceptors (Lipinski definition) is 3. The van der Waals surface area contributed by atoms with Crippen LogP contribution in [0.3, 0.4) is 0 Å². The van der Waals surface area contributed by atoms with Crippen molar-refractivity contribution in [1.29, 1.82) is 5.26 Å². The average Bonchev–Trinajstić information content (AvgIpc) is 2.44. The van der Waals surface area contributed by atoms with Gasteiger partial charge in [-0.1, -0.05) is 19.9 Å². The second-order valence-electron chi connectivity index (χ2n) is 4.68. The SMILES string of the molecule is CCCN(CCC)CCCOc1cccc(C#N)c1. The van der Waals surface area contributed by atoms with Gasteiger partial charge in [0.25, 0.3) is 0 Å². The van der Waals surface area contributed by atoms with Crippen molar-refractivity contribution in [2.45, 2.75) is 33.1 Å². The van der Waals surface area contributed by atoms with Crippen LogP contribution in [0.4, 0.5) is 0 Å². The number of nitriles is 1. The Morgan fingerprint density at radius 2 is 1.89 bits per heavy atom. The summed E-state index contributed by atoms with van der Waals surface area (Å²) in [5, 5.41) is 8.81. The normalized spacial score (nSPS) is 10.4. The molecule has 0 radical (unpaired) electrons. The van der Waals surface area contributed by atoms with E-state index in [0.717, 1.165) is 31.8 Å². The molecule has 0 N–H and O–H groups in total. The van der Waals surface area contributed by atoms with Gasteiger partial charge in [-0.3, -0.25) is 0 Å². The molecule has 3 heteroatoms. The van der Waals surface area contributed by atoms with Gasteiger partial charge in [0.05, 0.1) is 18.2 Å². The van der Waals surface area contributed by atoms with Gasteiger partial charge in [-0.25, -0.2) is 0 Å². The van der Waals surface area contributed by atoms with E-state index in [1.165, 1.54) is 12.8 Å². The number of hydrogen-bond donors (Lipinski definition) is 0. The molecule has 0 aliphatic heterocycles. The first-order valence-electron chi connectivity index (χ1n) is 7.15. The Labute approximate surface area is 116 Å². The van der Waals surface area contributed by atoms with Crippen LogP contribution in [0.2, 0.25) is 0 Å². The molecule has 0 spiro atoms. The average molecular weight is 260 g/mol. The third-order valence-electron chi connectivity index (χ3n) is 2.93. The predicted octanol–water partition coefficient (Wildman–Crippen LogP) is 3.45. The summed E-state index contributed by atoms with van der Waals surface area (Å²) >= 11 is 0. The van der Waals surface area contributed by atoms with Crippen LogP contribution < -0.4 is 4.74 Å². The van der Waals surface area contributed by atoms with E-state index < -0.39 is 0 Å². The number of rotatable bonds is 9. The lowest BCUT2D eigenvalue weighted by Gasteiger charge is -2.20. The van der Waals surface area contributed by atoms with Gasteiger partial charge in [-0.05, 0) is 50.6 Å². The molecule has 0 fully saturated rings. The highest BCUT2D eigenvalue weighted by Gasteiger charge is 2.02. The smallest absolute Gasteiger partial charge is 0.120 e. The Kier molecular flexibility index (Phi) is 7.69. The fraction of sp³-hybridized carbons (Fsp3) is 0.562. The fourth-order valence-electron chi connectivity index (χ4n) is 2.10. The lowest BCUT2D eigenvalue weighted by Crippen LogP contribution is -2.27. The first kappa shape index (κ1) is 15.5. The Morgan fingerprint density at radius 1 is 1.16 bits per heavy atom. The third kappa shape index (κ3) is 6.26. The van der Waals surface area contributed by atoms with Crippen LogP contribution in [0.1, 0.15) is 38.7 Å². The summed E-state index contributed by atoms with van der Waals surface area (Å²) in [5.74, 6) is 0.789. The molecule has 0 heterocycles. The van der Waals surface area contributed by atoms with Gasteiger partial charge >= 0.3 is 0 Å². The van der Waals surface area contributed by atoms with Crippen molar-refractivity contribution in [2.75, 3.05) is 26.2 Å². The van der Waals surface area contributed by atoms with Gasteiger partial charge < -0.3 is 9.64 Å². The summed E-state index contributed by atoms with van der Waals surface area (Å²) in [7, 11) is 0. The lowest BCUT2D eigenvalue weighted by atomic mass is 10.2. The monoisotopic (exact) mass is 260 g/mol. The van der Waals surface area contributed by atoms with Gasteiger partial charge in [0.2, 0.25) is 0 Å². The first-order valence-corrected chi connectivity index (χ1v) is 7.15. The molecule has 0 unspecified atom stereocenters. The van der Waals surface area contributed by atoms with Crippen molar-refractivity contribution in [3.63, 3.8) is 0 Å². The highest BCUT2D eigenvalue weighted by Crippen LogP contribution is 2.12. The minimum atomic E-state index is 0.649. The van der Waals surface area contributed by atoms with Crippen LogP contribution in [0.25, 0.3) is 0 Å². The number of nitrogens with zero attached hydrogens (tertiary/aromatic N) is 2. The zero-order chi connectivity index (χ0) is 13.9. The Balaban J connectivity index is 2.27. The molecule has 0 atom stereocenters. The molecule has 0 amide bonds. The second kappa shape index (κ2) is 9.41. The molecule has 1 rings (SSSR count). The van der Waals surface area contributed by atoms with Crippen molar-refractivity contribution in [2.24, 2.45) is 0 Å². The fourth-order valence-corrected chi connectivity index (χ4v) is 2.10. The van der Waals surface area contributed by atoms with Crippen LogP contribution in [0.5, 0.6) is 5.75 Å². The maximum Gasteiger partial charge on any atom is 0.120 e. The molecule has 0 bridgehead atoms. The van der Waals surface area contributed by atoms with E-state index in [4.69, 9.17) is 10.00 Å². The third-order valence-corrected chi connectivity index (χ3v) is 2.93. The van der Waals surface area contributed by atoms with Crippen molar-refractivity contribution in [3.05, 3.63) is 29.8 Å². The van der Waals surface area contributed by atoms with Gasteiger partial charge in [-0.2, -0.15) is 5.26 Å². The van der Waals surface area contributed by atoms with Crippen LogP contribution in [-0.2, 0) is 0 Å². The lowest BCUT2D eigenvalue weighted by molar-refractivity contribution is 0.234. The quantitative estimate of drug-likeness (QED) is 0.638. The molecule has 104 valence electrons. The van der Waals surface area contributed by atoms with Crippen LogP contribution >= 0.6 is 0 Å². The topological polar surface area (TPSA) is 36.3 Å². The summed E-state index contributed by atoms with van der Waals surface area (Å²) in [4.78, 5) is 2.48. The summed E-state index contributed by atoms with van der Waals surface area (Å²) in [6.07, 6.45) is 3.42. The number of benzene rings is 1. The Hall–Kier alpha value is -1.53. The van der Waals surface area contributed by atoms with E-state index in [2.05, 4.69) is 24.8 Å². The first-order chi connectivity index (χ1) is 9.30. The van der Waals surface area contributed by atoms with Crippen molar-refractivity contribution < 1.29 is 4.74 Å². The van der Waals surface area contributed by atoms with Crippen molar-refractivity contribution in [3.8, 4) is 11.8 Å². The van der Waals surface area contributed by atoms with Crippen molar-refractivity contribution in [1.82, 2.24) is 4.90 Å². The van der Waals surface area contributed by atoms with E-state index in [9.17, 15) is 0 Å². The summed E-state index contributed by atoms with van der Waals surface area (Å²) < 4.78 is 5.68. The van der Waals surface area contributed by atoms with Gasteiger partial charge in [-0.15, -0.1) is 0 Å². The molecule has 19 heavy (non-hydrogen) atoms. The van der Waals surface area contributed by atoms with Crippen LogP contribution in [-0.4, -0.2) is 31.1 Å². The predicted molar refractivity (Wildman–Crippen MR) is 78.3 cm³/mol. The molecular weight excluding hydrogens is 236 g/mol. The minimum Gasteiger partial charge on any atom is -0.494 e. The molecule has 0 saturated carbocycles. The highest BCUT2D eigenvalue weighted by molar-refractivity contribution is 5.36. The standard InChI is InChI=1S/C16H24N2O/c1-3-9-18(10-4-2)11-6-12-19-16-8-5-7-15(13-16)14-17/h5,7-8,13H,3-4,6,9-12H2,1-2H3. The van der Waals surface area contributed by atoms with Crippen LogP contribution in [0, 0.1) is 11.3 Å². The molecule has 1 aromatic carbocycles. The summed E-state index contributed by atoms with van der Waals surface area (Å²) in [6, 6.07) is 9.45. The Bertz CT molecular complexity index is 392. The summed E-state index contributed by atoms with van der Waals surface area (Å²) in [5.41, 5.74) is 0.649. The Morgan fingerprint density at radius 3 is 2.53 bits per heavy atom. The maximum atomic E-state index is 8.81. The molecule has 1 aromatic rings. The molecule has 3 nitrogen and oxygen atoms in total. The van der Waals surface area contributed by atoms with E-state index in [1.807, 2.05) is 12.1 Å². The summed E-state index contributed by atoms with van der Waals surface area (Å²) in [6.45, 7) is 8.55. The molecule has 0 aliphatic carbocycles. The molecule has 0 aliphatic rings. The molecular formula is C16H24N2O. The van der Waals surface area contributed by atoms with E-state index in [-0.39, 0.29) is 0 Å². The van der Waals surface area contributed by atoms with Gasteiger partial charge in [0.1, 0.15) is 5.75 Å².